The molecule has 5 heteroatoms. The highest BCUT2D eigenvalue weighted by Crippen LogP contribution is 2.37. The van der Waals surface area contributed by atoms with Gasteiger partial charge in [0, 0.05) is 17.8 Å². The van der Waals surface area contributed by atoms with Crippen LogP contribution in [0.3, 0.4) is 0 Å². The molecule has 0 aliphatic heterocycles. The number of nitrogens with zero attached hydrogens (tertiary/aromatic N) is 1. The zero-order valence-electron chi connectivity index (χ0n) is 9.61. The molecule has 2 heterocycles. The quantitative estimate of drug-likeness (QED) is 0.645. The predicted octanol–water partition coefficient (Wildman–Crippen LogP) is 4.51. The monoisotopic (exact) mass is 263 g/mol. The average Bonchev–Trinajstić information content (AvgIpc) is 2.82. The van der Waals surface area contributed by atoms with Gasteiger partial charge >= 0.3 is 6.18 Å². The summed E-state index contributed by atoms with van der Waals surface area (Å²) >= 11 is 0. The summed E-state index contributed by atoms with van der Waals surface area (Å²) in [5.74, 6) is 0.375. The zero-order chi connectivity index (χ0) is 13.5. The Labute approximate surface area is 106 Å². The molecule has 0 radical (unpaired) electrons. The Hall–Kier alpha value is -2.30. The predicted molar refractivity (Wildman–Crippen MR) is 64.4 cm³/mol. The maximum atomic E-state index is 12.8. The van der Waals surface area contributed by atoms with E-state index in [9.17, 15) is 13.2 Å². The summed E-state index contributed by atoms with van der Waals surface area (Å²) < 4.78 is 43.9. The van der Waals surface area contributed by atoms with Gasteiger partial charge in [-0.2, -0.15) is 13.2 Å². The van der Waals surface area contributed by atoms with Gasteiger partial charge in [-0.1, -0.05) is 30.3 Å². The van der Waals surface area contributed by atoms with Crippen molar-refractivity contribution in [1.82, 2.24) is 4.98 Å². The van der Waals surface area contributed by atoms with Crippen LogP contribution < -0.4 is 0 Å². The van der Waals surface area contributed by atoms with Crippen molar-refractivity contribution in [2.45, 2.75) is 6.18 Å². The summed E-state index contributed by atoms with van der Waals surface area (Å²) in [6, 6.07) is 11.4. The third kappa shape index (κ3) is 2.07. The van der Waals surface area contributed by atoms with Crippen LogP contribution in [0.4, 0.5) is 13.2 Å². The lowest BCUT2D eigenvalue weighted by molar-refractivity contribution is -0.136. The van der Waals surface area contributed by atoms with Crippen molar-refractivity contribution in [3.05, 3.63) is 54.2 Å². The molecule has 0 saturated carbocycles. The number of hydrogen-bond donors (Lipinski definition) is 0. The van der Waals surface area contributed by atoms with E-state index in [4.69, 9.17) is 4.42 Å². The average molecular weight is 263 g/mol. The van der Waals surface area contributed by atoms with Crippen LogP contribution >= 0.6 is 0 Å². The molecule has 0 unspecified atom stereocenters. The molecule has 0 atom stereocenters. The summed E-state index contributed by atoms with van der Waals surface area (Å²) in [4.78, 5) is 3.91. The second-order valence-electron chi connectivity index (χ2n) is 4.05. The third-order valence-electron chi connectivity index (χ3n) is 2.78. The fourth-order valence-electron chi connectivity index (χ4n) is 1.91. The van der Waals surface area contributed by atoms with Gasteiger partial charge in [-0.3, -0.25) is 4.98 Å². The van der Waals surface area contributed by atoms with E-state index in [2.05, 4.69) is 4.98 Å². The smallest absolute Gasteiger partial charge is 0.420 e. The van der Waals surface area contributed by atoms with Gasteiger partial charge in [0.1, 0.15) is 16.8 Å². The van der Waals surface area contributed by atoms with E-state index in [1.165, 1.54) is 6.07 Å². The van der Waals surface area contributed by atoms with Crippen molar-refractivity contribution in [2.24, 2.45) is 0 Å². The van der Waals surface area contributed by atoms with Crippen LogP contribution in [0.15, 0.2) is 53.1 Å². The normalized spacial score (nSPS) is 11.9. The molecule has 0 bridgehead atoms. The first-order valence-electron chi connectivity index (χ1n) is 5.57. The summed E-state index contributed by atoms with van der Waals surface area (Å²) in [7, 11) is 0. The molecule has 19 heavy (non-hydrogen) atoms. The van der Waals surface area contributed by atoms with E-state index < -0.39 is 11.7 Å². The molecule has 0 N–H and O–H groups in total. The standard InChI is InChI=1S/C14H8F3NO/c15-14(16,17)10-6-7-18-11-8-12(19-13(10)11)9-4-2-1-3-5-9/h1-8H. The van der Waals surface area contributed by atoms with E-state index >= 15 is 0 Å². The number of pyridine rings is 1. The van der Waals surface area contributed by atoms with Gasteiger partial charge < -0.3 is 4.42 Å². The van der Waals surface area contributed by atoms with Gasteiger partial charge in [-0.25, -0.2) is 0 Å². The maximum absolute atomic E-state index is 12.8. The number of aromatic nitrogens is 1. The minimum absolute atomic E-state index is 0.202. The summed E-state index contributed by atoms with van der Waals surface area (Å²) in [6.45, 7) is 0. The second-order valence-corrected chi connectivity index (χ2v) is 4.05. The number of fused-ring (bicyclic) bond motifs is 1. The van der Waals surface area contributed by atoms with Crippen LogP contribution in [-0.4, -0.2) is 4.98 Å². The Morgan fingerprint density at radius 2 is 1.74 bits per heavy atom. The van der Waals surface area contributed by atoms with Crippen molar-refractivity contribution in [3.8, 4) is 11.3 Å². The Bertz CT molecular complexity index is 716. The molecule has 3 rings (SSSR count). The minimum Gasteiger partial charge on any atom is -0.454 e. The molecular formula is C14H8F3NO. The first kappa shape index (κ1) is 11.8. The maximum Gasteiger partial charge on any atom is 0.420 e. The van der Waals surface area contributed by atoms with Gasteiger partial charge in [-0.05, 0) is 6.07 Å². The summed E-state index contributed by atoms with van der Waals surface area (Å²) in [6.07, 6.45) is -3.32. The van der Waals surface area contributed by atoms with Crippen LogP contribution in [0, 0.1) is 0 Å². The number of benzene rings is 1. The Morgan fingerprint density at radius 1 is 1.00 bits per heavy atom. The highest BCUT2D eigenvalue weighted by Gasteiger charge is 2.34. The van der Waals surface area contributed by atoms with Gasteiger partial charge in [0.2, 0.25) is 0 Å². The van der Waals surface area contributed by atoms with E-state index in [0.717, 1.165) is 12.3 Å². The number of hydrogen-bond acceptors (Lipinski definition) is 2. The molecule has 0 spiro atoms. The van der Waals surface area contributed by atoms with Crippen molar-refractivity contribution < 1.29 is 17.6 Å². The minimum atomic E-state index is -4.45. The lowest BCUT2D eigenvalue weighted by Gasteiger charge is -2.05. The first-order chi connectivity index (χ1) is 9.05. The molecule has 0 saturated heterocycles. The van der Waals surface area contributed by atoms with Crippen LogP contribution in [-0.2, 0) is 6.18 Å². The molecule has 1 aromatic carbocycles. The van der Waals surface area contributed by atoms with Crippen molar-refractivity contribution >= 4 is 11.1 Å². The van der Waals surface area contributed by atoms with Gasteiger partial charge in [0.05, 0.1) is 0 Å². The number of halogens is 3. The molecule has 0 amide bonds. The fraction of sp³-hybridized carbons (Fsp3) is 0.0714. The van der Waals surface area contributed by atoms with Crippen molar-refractivity contribution in [3.63, 3.8) is 0 Å². The van der Waals surface area contributed by atoms with Crippen LogP contribution in [0.1, 0.15) is 5.56 Å². The van der Waals surface area contributed by atoms with Crippen LogP contribution in [0.2, 0.25) is 0 Å². The van der Waals surface area contributed by atoms with Gasteiger partial charge in [-0.15, -0.1) is 0 Å². The number of furan rings is 1. The molecule has 0 aliphatic rings. The second kappa shape index (κ2) is 4.12. The SMILES string of the molecule is FC(F)(F)c1ccnc2cc(-c3ccccc3)oc12. The first-order valence-corrected chi connectivity index (χ1v) is 5.57. The highest BCUT2D eigenvalue weighted by molar-refractivity contribution is 5.82. The van der Waals surface area contributed by atoms with Crippen molar-refractivity contribution in [2.75, 3.05) is 0 Å². The number of alkyl halides is 3. The largest absolute Gasteiger partial charge is 0.454 e. The summed E-state index contributed by atoms with van der Waals surface area (Å²) in [5.41, 5.74) is -0.115. The molecule has 2 nitrogen and oxygen atoms in total. The summed E-state index contributed by atoms with van der Waals surface area (Å²) in [5, 5.41) is 0. The lowest BCUT2D eigenvalue weighted by Crippen LogP contribution is -2.05. The van der Waals surface area contributed by atoms with Crippen LogP contribution in [0.5, 0.6) is 0 Å². The van der Waals surface area contributed by atoms with Crippen LogP contribution in [0.25, 0.3) is 22.4 Å². The van der Waals surface area contributed by atoms with E-state index in [1.807, 2.05) is 6.07 Å². The van der Waals surface area contributed by atoms with Crippen molar-refractivity contribution in [1.29, 1.82) is 0 Å². The molecule has 0 fully saturated rings. The lowest BCUT2D eigenvalue weighted by atomic mass is 10.2. The van der Waals surface area contributed by atoms with E-state index in [-0.39, 0.29) is 11.1 Å². The molecular weight excluding hydrogens is 255 g/mol. The van der Waals surface area contributed by atoms with Gasteiger partial charge in [0.25, 0.3) is 0 Å². The molecule has 2 aromatic heterocycles. The third-order valence-corrected chi connectivity index (χ3v) is 2.78. The van der Waals surface area contributed by atoms with E-state index in [0.29, 0.717) is 11.3 Å². The Balaban J connectivity index is 2.22. The molecule has 96 valence electrons. The highest BCUT2D eigenvalue weighted by atomic mass is 19.4. The Kier molecular flexibility index (Phi) is 2.55. The molecule has 3 aromatic rings. The zero-order valence-corrected chi connectivity index (χ0v) is 9.61. The van der Waals surface area contributed by atoms with E-state index in [1.54, 1.807) is 24.3 Å². The number of rotatable bonds is 1. The fourth-order valence-corrected chi connectivity index (χ4v) is 1.91. The topological polar surface area (TPSA) is 26.0 Å². The van der Waals surface area contributed by atoms with Gasteiger partial charge in [0.15, 0.2) is 5.58 Å². The molecule has 0 aliphatic carbocycles. The Morgan fingerprint density at radius 3 is 2.42 bits per heavy atom.